The molecule has 1 atom stereocenters. The molecule has 0 aromatic heterocycles. The van der Waals surface area contributed by atoms with Crippen LogP contribution in [0.15, 0.2) is 23.1 Å². The van der Waals surface area contributed by atoms with Gasteiger partial charge >= 0.3 is 0 Å². The van der Waals surface area contributed by atoms with E-state index >= 15 is 0 Å². The van der Waals surface area contributed by atoms with E-state index in [-0.39, 0.29) is 22.6 Å². The van der Waals surface area contributed by atoms with Crippen molar-refractivity contribution in [2.45, 2.75) is 36.6 Å². The lowest BCUT2D eigenvalue weighted by molar-refractivity contribution is 0.192. The number of nitrogens with zero attached hydrogens (tertiary/aromatic N) is 1. The van der Waals surface area contributed by atoms with Crippen molar-refractivity contribution in [3.8, 4) is 0 Å². The van der Waals surface area contributed by atoms with Crippen molar-refractivity contribution >= 4 is 27.3 Å². The van der Waals surface area contributed by atoms with Gasteiger partial charge in [-0.2, -0.15) is 4.31 Å². The third-order valence-corrected chi connectivity index (χ3v) is 6.01. The van der Waals surface area contributed by atoms with Crippen molar-refractivity contribution in [2.75, 3.05) is 18.9 Å². The highest BCUT2D eigenvalue weighted by atomic mass is 35.5. The number of rotatable bonds is 4. The van der Waals surface area contributed by atoms with Crippen LogP contribution in [0, 0.1) is 0 Å². The van der Waals surface area contributed by atoms with Crippen molar-refractivity contribution in [3.05, 3.63) is 23.2 Å². The van der Waals surface area contributed by atoms with E-state index in [0.717, 1.165) is 19.3 Å². The third kappa shape index (κ3) is 3.09. The second-order valence-electron chi connectivity index (χ2n) is 4.97. The molecule has 1 aliphatic heterocycles. The Labute approximate surface area is 124 Å². The Morgan fingerprint density at radius 3 is 2.80 bits per heavy atom. The molecule has 2 rings (SSSR count). The molecule has 1 aromatic rings. The summed E-state index contributed by atoms with van der Waals surface area (Å²) in [7, 11) is -3.65. The first-order valence-electron chi connectivity index (χ1n) is 6.64. The van der Waals surface area contributed by atoms with Crippen LogP contribution in [0.2, 0.25) is 5.02 Å². The van der Waals surface area contributed by atoms with Gasteiger partial charge in [0.2, 0.25) is 10.0 Å². The zero-order valence-electron chi connectivity index (χ0n) is 11.1. The molecule has 0 spiro atoms. The van der Waals surface area contributed by atoms with Crippen molar-refractivity contribution < 1.29 is 13.5 Å². The number of sulfonamides is 1. The maximum atomic E-state index is 12.7. The predicted molar refractivity (Wildman–Crippen MR) is 79.1 cm³/mol. The van der Waals surface area contributed by atoms with Crippen LogP contribution in [0.3, 0.4) is 0 Å². The lowest BCUT2D eigenvalue weighted by Crippen LogP contribution is -2.44. The second kappa shape index (κ2) is 6.30. The topological polar surface area (TPSA) is 83.6 Å². The summed E-state index contributed by atoms with van der Waals surface area (Å²) < 4.78 is 26.9. The predicted octanol–water partition coefficient (Wildman–Crippen LogP) is 1.85. The highest BCUT2D eigenvalue weighted by molar-refractivity contribution is 7.89. The first kappa shape index (κ1) is 15.6. The molecule has 7 heteroatoms. The van der Waals surface area contributed by atoms with Gasteiger partial charge in [0.1, 0.15) is 4.90 Å². The van der Waals surface area contributed by atoms with E-state index in [1.807, 2.05) is 0 Å². The third-order valence-electron chi connectivity index (χ3n) is 3.58. The number of aliphatic hydroxyl groups is 1. The Morgan fingerprint density at radius 2 is 2.15 bits per heavy atom. The van der Waals surface area contributed by atoms with E-state index in [9.17, 15) is 8.42 Å². The van der Waals surface area contributed by atoms with Crippen LogP contribution in [-0.4, -0.2) is 37.0 Å². The van der Waals surface area contributed by atoms with Gasteiger partial charge in [-0.15, -0.1) is 0 Å². The van der Waals surface area contributed by atoms with Crippen LogP contribution in [0.5, 0.6) is 0 Å². The standard InChI is InChI=1S/C13H19ClN2O3S/c14-12-9-10(15)4-5-13(12)20(18,19)16-7-2-1-3-11(16)6-8-17/h4-5,9,11,17H,1-3,6-8,15H2. The number of benzene rings is 1. The number of anilines is 1. The molecule has 0 saturated carbocycles. The van der Waals surface area contributed by atoms with Gasteiger partial charge < -0.3 is 10.8 Å². The Morgan fingerprint density at radius 1 is 1.40 bits per heavy atom. The summed E-state index contributed by atoms with van der Waals surface area (Å²) in [6.45, 7) is 0.444. The number of piperidine rings is 1. The maximum Gasteiger partial charge on any atom is 0.244 e. The Balaban J connectivity index is 2.37. The van der Waals surface area contributed by atoms with E-state index in [0.29, 0.717) is 18.7 Å². The number of hydrogen-bond acceptors (Lipinski definition) is 4. The van der Waals surface area contributed by atoms with E-state index in [1.54, 1.807) is 0 Å². The molecule has 112 valence electrons. The molecular weight excluding hydrogens is 300 g/mol. The smallest absolute Gasteiger partial charge is 0.244 e. The molecule has 1 heterocycles. The summed E-state index contributed by atoms with van der Waals surface area (Å²) in [4.78, 5) is 0.0817. The largest absolute Gasteiger partial charge is 0.399 e. The average Bonchev–Trinajstić information content (AvgIpc) is 2.39. The van der Waals surface area contributed by atoms with Crippen molar-refractivity contribution in [3.63, 3.8) is 0 Å². The Kier molecular flexibility index (Phi) is 4.90. The summed E-state index contributed by atoms with van der Waals surface area (Å²) in [6, 6.07) is 4.26. The summed E-state index contributed by atoms with van der Waals surface area (Å²) in [5, 5.41) is 9.24. The van der Waals surface area contributed by atoms with Crippen LogP contribution in [0.4, 0.5) is 5.69 Å². The van der Waals surface area contributed by atoms with Gasteiger partial charge in [-0.25, -0.2) is 8.42 Å². The molecule has 0 amide bonds. The molecular formula is C13H19ClN2O3S. The fourth-order valence-corrected chi connectivity index (χ4v) is 4.83. The molecule has 1 unspecified atom stereocenters. The van der Waals surface area contributed by atoms with Gasteiger partial charge in [-0.05, 0) is 37.5 Å². The van der Waals surface area contributed by atoms with Gasteiger partial charge in [0.15, 0.2) is 0 Å². The molecule has 0 aliphatic carbocycles. The minimum atomic E-state index is -3.65. The minimum Gasteiger partial charge on any atom is -0.399 e. The lowest BCUT2D eigenvalue weighted by atomic mass is 10.0. The Bertz CT molecular complexity index is 575. The molecule has 3 N–H and O–H groups in total. The summed E-state index contributed by atoms with van der Waals surface area (Å²) >= 11 is 6.02. The van der Waals surface area contributed by atoms with E-state index in [2.05, 4.69) is 0 Å². The highest BCUT2D eigenvalue weighted by Crippen LogP contribution is 2.31. The van der Waals surface area contributed by atoms with Crippen LogP contribution >= 0.6 is 11.6 Å². The molecule has 5 nitrogen and oxygen atoms in total. The highest BCUT2D eigenvalue weighted by Gasteiger charge is 2.34. The molecule has 0 radical (unpaired) electrons. The lowest BCUT2D eigenvalue weighted by Gasteiger charge is -2.34. The van der Waals surface area contributed by atoms with Crippen molar-refractivity contribution in [1.82, 2.24) is 4.31 Å². The van der Waals surface area contributed by atoms with Gasteiger partial charge in [-0.3, -0.25) is 0 Å². The normalized spacial score (nSPS) is 21.0. The number of nitrogens with two attached hydrogens (primary N) is 1. The van der Waals surface area contributed by atoms with E-state index in [1.165, 1.54) is 22.5 Å². The fourth-order valence-electron chi connectivity index (χ4n) is 2.58. The molecule has 1 aromatic carbocycles. The number of aliphatic hydroxyl groups excluding tert-OH is 1. The Hall–Kier alpha value is -0.820. The maximum absolute atomic E-state index is 12.7. The van der Waals surface area contributed by atoms with Crippen LogP contribution in [0.25, 0.3) is 0 Å². The number of hydrogen-bond donors (Lipinski definition) is 2. The number of halogens is 1. The van der Waals surface area contributed by atoms with Gasteiger partial charge in [0.05, 0.1) is 5.02 Å². The summed E-state index contributed by atoms with van der Waals surface area (Å²) in [5.41, 5.74) is 6.03. The summed E-state index contributed by atoms with van der Waals surface area (Å²) in [6.07, 6.45) is 3.03. The molecule has 1 aliphatic rings. The molecule has 1 saturated heterocycles. The second-order valence-corrected chi connectivity index (χ2v) is 7.23. The zero-order valence-corrected chi connectivity index (χ0v) is 12.7. The van der Waals surface area contributed by atoms with Gasteiger partial charge in [0, 0.05) is 24.9 Å². The molecule has 1 fully saturated rings. The quantitative estimate of drug-likeness (QED) is 0.830. The average molecular weight is 319 g/mol. The molecule has 0 bridgehead atoms. The minimum absolute atomic E-state index is 0.0217. The fraction of sp³-hybridized carbons (Fsp3) is 0.538. The van der Waals surface area contributed by atoms with Crippen LogP contribution in [0.1, 0.15) is 25.7 Å². The van der Waals surface area contributed by atoms with Crippen LogP contribution < -0.4 is 5.73 Å². The first-order chi connectivity index (χ1) is 9.46. The zero-order chi connectivity index (χ0) is 14.8. The molecule has 20 heavy (non-hydrogen) atoms. The van der Waals surface area contributed by atoms with E-state index in [4.69, 9.17) is 22.4 Å². The van der Waals surface area contributed by atoms with Gasteiger partial charge in [0.25, 0.3) is 0 Å². The van der Waals surface area contributed by atoms with Crippen molar-refractivity contribution in [2.24, 2.45) is 0 Å². The SMILES string of the molecule is Nc1ccc(S(=O)(=O)N2CCCCC2CCO)c(Cl)c1. The van der Waals surface area contributed by atoms with Crippen LogP contribution in [-0.2, 0) is 10.0 Å². The summed E-state index contributed by atoms with van der Waals surface area (Å²) in [5.74, 6) is 0. The monoisotopic (exact) mass is 318 g/mol. The number of nitrogen functional groups attached to an aromatic ring is 1. The van der Waals surface area contributed by atoms with Gasteiger partial charge in [-0.1, -0.05) is 18.0 Å². The first-order valence-corrected chi connectivity index (χ1v) is 8.46. The van der Waals surface area contributed by atoms with E-state index < -0.39 is 10.0 Å². The van der Waals surface area contributed by atoms with Crippen molar-refractivity contribution in [1.29, 1.82) is 0 Å².